The molecule has 0 bridgehead atoms. The van der Waals surface area contributed by atoms with E-state index in [4.69, 9.17) is 21.4 Å². The third kappa shape index (κ3) is 9.38. The van der Waals surface area contributed by atoms with E-state index in [1.165, 1.54) is 6.07 Å². The zero-order valence-corrected chi connectivity index (χ0v) is 30.0. The number of carbonyl (C=O) groups excluding carboxylic acids is 1. The van der Waals surface area contributed by atoms with Crippen LogP contribution in [0.1, 0.15) is 98.2 Å². The second-order valence-electron chi connectivity index (χ2n) is 14.7. The van der Waals surface area contributed by atoms with Crippen LogP contribution in [0.4, 0.5) is 20.4 Å². The summed E-state index contributed by atoms with van der Waals surface area (Å²) in [7, 11) is 0. The van der Waals surface area contributed by atoms with E-state index < -0.39 is 28.6 Å². The minimum atomic E-state index is -1.17. The number of pyridine rings is 1. The van der Waals surface area contributed by atoms with Crippen molar-refractivity contribution in [1.29, 1.82) is 0 Å². The number of allylic oxidation sites excluding steroid dienone is 1. The lowest BCUT2D eigenvalue weighted by Crippen LogP contribution is -2.41. The summed E-state index contributed by atoms with van der Waals surface area (Å²) in [5, 5.41) is 7.98. The summed E-state index contributed by atoms with van der Waals surface area (Å²) in [5.74, 6) is -0.504. The molecule has 0 unspecified atom stereocenters. The molecular formula is C36H50ClF2N5O2. The van der Waals surface area contributed by atoms with Gasteiger partial charge in [0, 0.05) is 41.9 Å². The number of aryl methyl sites for hydroxylation is 1. The Labute approximate surface area is 278 Å². The zero-order chi connectivity index (χ0) is 34.8. The van der Waals surface area contributed by atoms with Gasteiger partial charge in [0.15, 0.2) is 11.6 Å². The van der Waals surface area contributed by atoms with Crippen LogP contribution in [0.3, 0.4) is 0 Å². The van der Waals surface area contributed by atoms with Crippen molar-refractivity contribution in [3.8, 4) is 0 Å². The second kappa shape index (κ2) is 14.2. The molecule has 46 heavy (non-hydrogen) atoms. The predicted molar refractivity (Wildman–Crippen MR) is 183 cm³/mol. The lowest BCUT2D eigenvalue weighted by Gasteiger charge is -2.35. The van der Waals surface area contributed by atoms with Crippen molar-refractivity contribution in [3.63, 3.8) is 0 Å². The molecule has 1 N–H and O–H groups in total. The second-order valence-corrected chi connectivity index (χ2v) is 15.1. The smallest absolute Gasteiger partial charge is 0.312 e. The fourth-order valence-electron chi connectivity index (χ4n) is 5.25. The number of benzene rings is 1. The minimum Gasteiger partial charge on any atom is -0.460 e. The third-order valence-electron chi connectivity index (χ3n) is 7.80. The molecule has 10 heteroatoms. The fraction of sp³-hybridized carbons (Fsp3) is 0.528. The molecule has 2 aromatic heterocycles. The van der Waals surface area contributed by atoms with Gasteiger partial charge in [-0.15, -0.1) is 0 Å². The number of nitrogens with one attached hydrogen (secondary N) is 1. The summed E-state index contributed by atoms with van der Waals surface area (Å²) < 4.78 is 38.7. The van der Waals surface area contributed by atoms with Gasteiger partial charge in [-0.1, -0.05) is 30.3 Å². The van der Waals surface area contributed by atoms with E-state index in [0.717, 1.165) is 5.69 Å². The van der Waals surface area contributed by atoms with Gasteiger partial charge >= 0.3 is 5.97 Å². The average molecular weight is 658 g/mol. The first-order valence-corrected chi connectivity index (χ1v) is 16.1. The van der Waals surface area contributed by atoms with Crippen LogP contribution in [-0.4, -0.2) is 43.8 Å². The molecule has 0 fully saturated rings. The summed E-state index contributed by atoms with van der Waals surface area (Å²) >= 11 is 6.05. The molecule has 0 aliphatic heterocycles. The Kier molecular flexibility index (Phi) is 11.5. The Morgan fingerprint density at radius 1 is 1.09 bits per heavy atom. The monoisotopic (exact) mass is 657 g/mol. The van der Waals surface area contributed by atoms with Crippen molar-refractivity contribution in [1.82, 2.24) is 19.7 Å². The molecule has 7 nitrogen and oxygen atoms in total. The zero-order valence-electron chi connectivity index (χ0n) is 29.2. The van der Waals surface area contributed by atoms with E-state index in [0.29, 0.717) is 47.8 Å². The molecule has 0 aliphatic carbocycles. The maximum Gasteiger partial charge on any atom is 0.312 e. The molecule has 0 spiro atoms. The molecule has 0 amide bonds. The van der Waals surface area contributed by atoms with Crippen LogP contribution >= 0.6 is 11.6 Å². The summed E-state index contributed by atoms with van der Waals surface area (Å²) in [5.41, 5.74) is 0.189. The van der Waals surface area contributed by atoms with Crippen LogP contribution in [-0.2, 0) is 28.0 Å². The lowest BCUT2D eigenvalue weighted by atomic mass is 9.80. The van der Waals surface area contributed by atoms with Gasteiger partial charge in [0.25, 0.3) is 0 Å². The molecule has 252 valence electrons. The number of esters is 1. The minimum absolute atomic E-state index is 0.0232. The normalized spacial score (nSPS) is 13.7. The van der Waals surface area contributed by atoms with E-state index in [-0.39, 0.29) is 28.7 Å². The maximum atomic E-state index is 16.1. The quantitative estimate of drug-likeness (QED) is 0.196. The van der Waals surface area contributed by atoms with Gasteiger partial charge < -0.3 is 10.1 Å². The molecule has 0 saturated carbocycles. The molecule has 0 saturated heterocycles. The summed E-state index contributed by atoms with van der Waals surface area (Å²) in [6.45, 7) is 25.8. The van der Waals surface area contributed by atoms with E-state index in [2.05, 4.69) is 42.6 Å². The highest BCUT2D eigenvalue weighted by Gasteiger charge is 2.39. The van der Waals surface area contributed by atoms with Gasteiger partial charge in [-0.3, -0.25) is 14.4 Å². The molecule has 1 aromatic carbocycles. The number of halogens is 3. The van der Waals surface area contributed by atoms with Gasteiger partial charge in [-0.05, 0) is 107 Å². The Balaban J connectivity index is 2.01. The molecule has 3 aromatic rings. The van der Waals surface area contributed by atoms with Crippen molar-refractivity contribution in [2.24, 2.45) is 5.41 Å². The highest BCUT2D eigenvalue weighted by molar-refractivity contribution is 6.30. The van der Waals surface area contributed by atoms with Crippen LogP contribution in [0.2, 0.25) is 5.02 Å². The Bertz CT molecular complexity index is 1570. The van der Waals surface area contributed by atoms with Gasteiger partial charge in [0.1, 0.15) is 17.2 Å². The highest BCUT2D eigenvalue weighted by atomic mass is 35.5. The van der Waals surface area contributed by atoms with Crippen LogP contribution in [0.15, 0.2) is 36.9 Å². The SMILES string of the molecule is C=C(C)c1cc(Nc2cc(C)n(C(C)(C)C)n2)nc(C[C@](C)(CCN(Cc2cccc(Cl)c2F)C(C)C)C(=O)OC(C)(C)C)c1F. The largest absolute Gasteiger partial charge is 0.460 e. The summed E-state index contributed by atoms with van der Waals surface area (Å²) in [6, 6.07) is 8.47. The number of carbonyl (C=O) groups is 1. The number of nitrogens with zero attached hydrogens (tertiary/aromatic N) is 4. The van der Waals surface area contributed by atoms with Crippen LogP contribution in [0.25, 0.3) is 5.57 Å². The van der Waals surface area contributed by atoms with Crippen LogP contribution < -0.4 is 5.32 Å². The molecule has 0 radical (unpaired) electrons. The van der Waals surface area contributed by atoms with Crippen molar-refractivity contribution >= 4 is 34.8 Å². The maximum absolute atomic E-state index is 16.1. The van der Waals surface area contributed by atoms with Crippen molar-refractivity contribution in [2.45, 2.75) is 113 Å². The lowest BCUT2D eigenvalue weighted by molar-refractivity contribution is -0.167. The fourth-order valence-corrected chi connectivity index (χ4v) is 5.45. The number of aromatic nitrogens is 3. The summed E-state index contributed by atoms with van der Waals surface area (Å²) in [4.78, 5) is 20.6. The van der Waals surface area contributed by atoms with Gasteiger partial charge in [-0.2, -0.15) is 5.10 Å². The van der Waals surface area contributed by atoms with Crippen LogP contribution in [0.5, 0.6) is 0 Å². The molecule has 0 aliphatic rings. The van der Waals surface area contributed by atoms with E-state index in [1.807, 2.05) is 31.5 Å². The molecular weight excluding hydrogens is 608 g/mol. The van der Waals surface area contributed by atoms with Crippen molar-refractivity contribution in [3.05, 3.63) is 76.1 Å². The van der Waals surface area contributed by atoms with Gasteiger partial charge in [0.05, 0.1) is 21.7 Å². The summed E-state index contributed by atoms with van der Waals surface area (Å²) in [6.07, 6.45) is 0.273. The average Bonchev–Trinajstić information content (AvgIpc) is 3.29. The van der Waals surface area contributed by atoms with Crippen molar-refractivity contribution in [2.75, 3.05) is 11.9 Å². The van der Waals surface area contributed by atoms with E-state index in [1.54, 1.807) is 52.8 Å². The molecule has 2 heterocycles. The Hall–Kier alpha value is -3.30. The van der Waals surface area contributed by atoms with Gasteiger partial charge in [0.2, 0.25) is 0 Å². The number of anilines is 2. The van der Waals surface area contributed by atoms with Crippen molar-refractivity contribution < 1.29 is 18.3 Å². The number of rotatable bonds is 12. The number of ether oxygens (including phenoxy) is 1. The predicted octanol–water partition coefficient (Wildman–Crippen LogP) is 9.24. The first-order chi connectivity index (χ1) is 21.1. The van der Waals surface area contributed by atoms with Crippen LogP contribution in [0, 0.1) is 24.0 Å². The molecule has 1 atom stereocenters. The first-order valence-electron chi connectivity index (χ1n) is 15.7. The van der Waals surface area contributed by atoms with E-state index in [9.17, 15) is 9.18 Å². The molecule has 3 rings (SSSR count). The number of hydrogen-bond acceptors (Lipinski definition) is 6. The van der Waals surface area contributed by atoms with Gasteiger partial charge in [-0.25, -0.2) is 13.8 Å². The Morgan fingerprint density at radius 3 is 2.28 bits per heavy atom. The Morgan fingerprint density at radius 2 is 1.74 bits per heavy atom. The third-order valence-corrected chi connectivity index (χ3v) is 8.09. The highest BCUT2D eigenvalue weighted by Crippen LogP contribution is 2.35. The van der Waals surface area contributed by atoms with E-state index >= 15 is 4.39 Å². The number of hydrogen-bond donors (Lipinski definition) is 1. The standard InChI is InChI=1S/C36H50ClF2N5O2/c1-22(2)26-19-29(41-30-18-24(5)44(42-30)34(6,7)8)40-28(32(26)39)20-36(12,33(45)46-35(9,10)11)16-17-43(23(3)4)21-25-14-13-15-27(37)31(25)38/h13-15,18-19,23H,1,16-17,20-21H2,2-12H3,(H,40,41,42)/t36-/m0/s1. The topological polar surface area (TPSA) is 72.3 Å². The first kappa shape index (κ1) is 37.2.